The molecule has 2 aromatic heterocycles. The van der Waals surface area contributed by atoms with Gasteiger partial charge < -0.3 is 14.5 Å². The summed E-state index contributed by atoms with van der Waals surface area (Å²) in [5.74, 6) is -0.959. The first kappa shape index (κ1) is 17.2. The zero-order valence-electron chi connectivity index (χ0n) is 13.6. The molecule has 1 aromatic carbocycles. The lowest BCUT2D eigenvalue weighted by molar-refractivity contribution is -0.123. The molecule has 0 fully saturated rings. The van der Waals surface area contributed by atoms with E-state index in [9.17, 15) is 14.4 Å². The maximum atomic E-state index is 12.0. The van der Waals surface area contributed by atoms with Crippen LogP contribution in [-0.4, -0.2) is 29.5 Å². The Morgan fingerprint density at radius 2 is 1.88 bits per heavy atom. The third kappa shape index (κ3) is 4.44. The maximum Gasteiger partial charge on any atom is 0.357 e. The van der Waals surface area contributed by atoms with Gasteiger partial charge in [-0.3, -0.25) is 10.1 Å². The highest BCUT2D eigenvalue weighted by molar-refractivity contribution is 5.97. The molecule has 3 amide bonds. The Bertz CT molecular complexity index is 937. The molecule has 0 aliphatic carbocycles. The second-order valence-electron chi connectivity index (χ2n) is 5.28. The number of pyridine rings is 1. The number of carbonyl (C=O) groups excluding carboxylic acids is 3. The van der Waals surface area contributed by atoms with Gasteiger partial charge in [-0.2, -0.15) is 0 Å². The van der Waals surface area contributed by atoms with Gasteiger partial charge in [-0.05, 0) is 24.3 Å². The molecule has 0 aliphatic rings. The van der Waals surface area contributed by atoms with Crippen molar-refractivity contribution in [1.82, 2.24) is 15.6 Å². The average molecular weight is 353 g/mol. The molecule has 0 aliphatic heterocycles. The summed E-state index contributed by atoms with van der Waals surface area (Å²) in [6.45, 7) is -0.464. The molecule has 2 heterocycles. The number of nitrogens with zero attached hydrogens (tertiary/aromatic N) is 1. The Kier molecular flexibility index (Phi) is 5.23. The summed E-state index contributed by atoms with van der Waals surface area (Å²) in [7, 11) is 0. The van der Waals surface area contributed by atoms with Crippen molar-refractivity contribution >= 4 is 28.8 Å². The van der Waals surface area contributed by atoms with Crippen LogP contribution >= 0.6 is 0 Å². The van der Waals surface area contributed by atoms with Crippen LogP contribution in [0.5, 0.6) is 0 Å². The lowest BCUT2D eigenvalue weighted by Crippen LogP contribution is -2.41. The summed E-state index contributed by atoms with van der Waals surface area (Å²) in [5, 5.41) is 5.37. The summed E-state index contributed by atoms with van der Waals surface area (Å²) in [6, 6.07) is 13.2. The van der Waals surface area contributed by atoms with Gasteiger partial charge in [0.05, 0.1) is 18.3 Å². The quantitative estimate of drug-likeness (QED) is 0.679. The van der Waals surface area contributed by atoms with Crippen LogP contribution in [0.4, 0.5) is 4.79 Å². The van der Waals surface area contributed by atoms with Crippen LogP contribution in [0, 0.1) is 0 Å². The highest BCUT2D eigenvalue weighted by Gasteiger charge is 2.14. The van der Waals surface area contributed by atoms with Crippen LogP contribution in [0.25, 0.3) is 10.9 Å². The number of carbonyl (C=O) groups is 3. The Hall–Kier alpha value is -3.68. The number of fused-ring (bicyclic) bond motifs is 1. The van der Waals surface area contributed by atoms with Crippen molar-refractivity contribution < 1.29 is 23.5 Å². The average Bonchev–Trinajstić information content (AvgIpc) is 3.17. The molecule has 2 N–H and O–H groups in total. The number of rotatable bonds is 5. The van der Waals surface area contributed by atoms with Crippen LogP contribution in [0.15, 0.2) is 59.2 Å². The Morgan fingerprint density at radius 1 is 1.04 bits per heavy atom. The topological polar surface area (TPSA) is 111 Å². The SMILES string of the molecule is O=C(COC(=O)c1ccc2ccccc2n1)NC(=O)NCc1ccco1. The van der Waals surface area contributed by atoms with E-state index in [2.05, 4.69) is 15.6 Å². The number of esters is 1. The standard InChI is InChI=1S/C18H15N3O5/c22-16(21-18(24)19-10-13-5-3-9-25-13)11-26-17(23)15-8-7-12-4-1-2-6-14(12)20-15/h1-9H,10-11H2,(H2,19,21,22,24). The number of hydrogen-bond donors (Lipinski definition) is 2. The van der Waals surface area contributed by atoms with E-state index in [0.717, 1.165) is 5.39 Å². The van der Waals surface area contributed by atoms with Crippen LogP contribution in [-0.2, 0) is 16.1 Å². The van der Waals surface area contributed by atoms with Gasteiger partial charge in [-0.1, -0.05) is 24.3 Å². The van der Waals surface area contributed by atoms with Gasteiger partial charge in [0, 0.05) is 5.39 Å². The summed E-state index contributed by atoms with van der Waals surface area (Å²) in [5.41, 5.74) is 0.725. The molecule has 0 saturated carbocycles. The van der Waals surface area contributed by atoms with E-state index in [-0.39, 0.29) is 12.2 Å². The number of para-hydroxylation sites is 1. The molecule has 0 atom stereocenters. The Balaban J connectivity index is 1.47. The minimum Gasteiger partial charge on any atom is -0.467 e. The fourth-order valence-corrected chi connectivity index (χ4v) is 2.17. The lowest BCUT2D eigenvalue weighted by Gasteiger charge is -2.07. The number of nitrogens with one attached hydrogen (secondary N) is 2. The highest BCUT2D eigenvalue weighted by atomic mass is 16.5. The molecule has 0 saturated heterocycles. The van der Waals surface area contributed by atoms with Crippen molar-refractivity contribution in [2.24, 2.45) is 0 Å². The predicted molar refractivity (Wildman–Crippen MR) is 91.1 cm³/mol. The van der Waals surface area contributed by atoms with Crippen molar-refractivity contribution in [2.75, 3.05) is 6.61 Å². The van der Waals surface area contributed by atoms with E-state index in [1.807, 2.05) is 12.1 Å². The van der Waals surface area contributed by atoms with Crippen LogP contribution in [0.3, 0.4) is 0 Å². The van der Waals surface area contributed by atoms with Gasteiger partial charge >= 0.3 is 12.0 Å². The second kappa shape index (κ2) is 7.93. The molecule has 8 heteroatoms. The fraction of sp³-hybridized carbons (Fsp3) is 0.111. The lowest BCUT2D eigenvalue weighted by atomic mass is 10.2. The third-order valence-corrected chi connectivity index (χ3v) is 3.40. The Labute approximate surface area is 148 Å². The van der Waals surface area contributed by atoms with E-state index < -0.39 is 24.5 Å². The summed E-state index contributed by atoms with van der Waals surface area (Å²) in [6.07, 6.45) is 1.47. The molecule has 132 valence electrons. The molecule has 0 bridgehead atoms. The van der Waals surface area contributed by atoms with Crippen molar-refractivity contribution in [1.29, 1.82) is 0 Å². The molecule has 0 unspecified atom stereocenters. The van der Waals surface area contributed by atoms with Gasteiger partial charge in [-0.25, -0.2) is 14.6 Å². The number of aromatic nitrogens is 1. The van der Waals surface area contributed by atoms with Crippen molar-refractivity contribution in [3.63, 3.8) is 0 Å². The summed E-state index contributed by atoms with van der Waals surface area (Å²) < 4.78 is 9.92. The van der Waals surface area contributed by atoms with Crippen LogP contribution in [0.1, 0.15) is 16.2 Å². The maximum absolute atomic E-state index is 12.0. The summed E-state index contributed by atoms with van der Waals surface area (Å²) in [4.78, 5) is 39.4. The predicted octanol–water partition coefficient (Wildman–Crippen LogP) is 2.01. The first-order valence-electron chi connectivity index (χ1n) is 7.75. The molecule has 3 aromatic rings. The van der Waals surface area contributed by atoms with Gasteiger partial charge in [0.1, 0.15) is 11.5 Å². The Morgan fingerprint density at radius 3 is 2.69 bits per heavy atom. The number of benzene rings is 1. The number of amides is 3. The van der Waals surface area contributed by atoms with E-state index >= 15 is 0 Å². The molecule has 0 spiro atoms. The van der Waals surface area contributed by atoms with E-state index in [4.69, 9.17) is 9.15 Å². The van der Waals surface area contributed by atoms with E-state index in [0.29, 0.717) is 11.3 Å². The minimum absolute atomic E-state index is 0.0822. The molecule has 26 heavy (non-hydrogen) atoms. The fourth-order valence-electron chi connectivity index (χ4n) is 2.17. The molecule has 8 nitrogen and oxygen atoms in total. The molecular weight excluding hydrogens is 338 g/mol. The first-order valence-corrected chi connectivity index (χ1v) is 7.75. The number of imide groups is 1. The number of hydrogen-bond acceptors (Lipinski definition) is 6. The van der Waals surface area contributed by atoms with E-state index in [1.54, 1.807) is 30.3 Å². The van der Waals surface area contributed by atoms with Crippen molar-refractivity contribution in [3.05, 3.63) is 66.2 Å². The molecule has 0 radical (unpaired) electrons. The highest BCUT2D eigenvalue weighted by Crippen LogP contribution is 2.12. The van der Waals surface area contributed by atoms with Gasteiger partial charge in [0.25, 0.3) is 5.91 Å². The van der Waals surface area contributed by atoms with Gasteiger partial charge in [-0.15, -0.1) is 0 Å². The zero-order valence-corrected chi connectivity index (χ0v) is 13.6. The first-order chi connectivity index (χ1) is 12.6. The monoisotopic (exact) mass is 353 g/mol. The van der Waals surface area contributed by atoms with Crippen LogP contribution in [0.2, 0.25) is 0 Å². The normalized spacial score (nSPS) is 10.3. The van der Waals surface area contributed by atoms with Gasteiger partial charge in [0.15, 0.2) is 6.61 Å². The largest absolute Gasteiger partial charge is 0.467 e. The zero-order chi connectivity index (χ0) is 18.4. The third-order valence-electron chi connectivity index (χ3n) is 3.40. The van der Waals surface area contributed by atoms with Crippen molar-refractivity contribution in [2.45, 2.75) is 6.54 Å². The smallest absolute Gasteiger partial charge is 0.357 e. The molecule has 3 rings (SSSR count). The number of urea groups is 1. The number of furan rings is 1. The van der Waals surface area contributed by atoms with Crippen LogP contribution < -0.4 is 10.6 Å². The second-order valence-corrected chi connectivity index (χ2v) is 5.28. The van der Waals surface area contributed by atoms with Crippen molar-refractivity contribution in [3.8, 4) is 0 Å². The minimum atomic E-state index is -0.754. The number of ether oxygens (including phenoxy) is 1. The van der Waals surface area contributed by atoms with E-state index in [1.165, 1.54) is 12.3 Å². The van der Waals surface area contributed by atoms with Gasteiger partial charge in [0.2, 0.25) is 0 Å². The molecular formula is C18H15N3O5. The summed E-state index contributed by atoms with van der Waals surface area (Å²) >= 11 is 0.